The number of ether oxygens (including phenoxy) is 4. The maximum Gasteiger partial charge on any atom is 0.171 e. The minimum absolute atomic E-state index is 0.0138. The lowest BCUT2D eigenvalue weighted by Gasteiger charge is -2.22. The lowest BCUT2D eigenvalue weighted by molar-refractivity contribution is 0.0680. The van der Waals surface area contributed by atoms with E-state index in [-0.39, 0.29) is 19.1 Å². The molecule has 0 spiro atoms. The van der Waals surface area contributed by atoms with Gasteiger partial charge in [0.15, 0.2) is 5.05 Å². The van der Waals surface area contributed by atoms with Crippen LogP contribution in [0, 0.1) is 0 Å². The van der Waals surface area contributed by atoms with Crippen LogP contribution in [0.1, 0.15) is 17.0 Å². The van der Waals surface area contributed by atoms with E-state index in [0.29, 0.717) is 18.3 Å². The Labute approximate surface area is 159 Å². The fourth-order valence-corrected chi connectivity index (χ4v) is 2.94. The number of benzene rings is 2. The summed E-state index contributed by atoms with van der Waals surface area (Å²) in [6, 6.07) is 15.5. The fourth-order valence-electron chi connectivity index (χ4n) is 2.60. The highest BCUT2D eigenvalue weighted by molar-refractivity contribution is 7.80. The van der Waals surface area contributed by atoms with Crippen molar-refractivity contribution in [2.75, 3.05) is 40.6 Å². The van der Waals surface area contributed by atoms with Gasteiger partial charge in [-0.1, -0.05) is 30.3 Å². The van der Waals surface area contributed by atoms with Crippen LogP contribution in [-0.4, -0.2) is 50.8 Å². The molecule has 0 aliphatic carbocycles. The van der Waals surface area contributed by atoms with Gasteiger partial charge >= 0.3 is 0 Å². The molecule has 1 unspecified atom stereocenters. The summed E-state index contributed by atoms with van der Waals surface area (Å²) in [6.07, 6.45) is 0. The molecule has 0 bridgehead atoms. The van der Waals surface area contributed by atoms with Gasteiger partial charge in [-0.05, 0) is 36.0 Å². The largest absolute Gasteiger partial charge is 0.497 e. The molecular weight excluding hydrogens is 352 g/mol. The van der Waals surface area contributed by atoms with Gasteiger partial charge in [-0.15, -0.1) is 0 Å². The van der Waals surface area contributed by atoms with Crippen LogP contribution in [0.25, 0.3) is 0 Å². The Kier molecular flexibility index (Phi) is 8.34. The molecule has 6 heteroatoms. The molecule has 2 aromatic carbocycles. The maximum absolute atomic E-state index is 8.75. The number of aliphatic hydroxyl groups is 1. The average Bonchev–Trinajstić information content (AvgIpc) is 2.69. The van der Waals surface area contributed by atoms with Crippen LogP contribution in [-0.2, 0) is 9.47 Å². The monoisotopic (exact) mass is 376 g/mol. The predicted molar refractivity (Wildman–Crippen MR) is 104 cm³/mol. The molecule has 0 saturated heterocycles. The van der Waals surface area contributed by atoms with Crippen LogP contribution in [0.4, 0.5) is 0 Å². The van der Waals surface area contributed by atoms with Crippen LogP contribution < -0.4 is 9.47 Å². The summed E-state index contributed by atoms with van der Waals surface area (Å²) in [5.41, 5.74) is 1.91. The first-order valence-electron chi connectivity index (χ1n) is 8.33. The van der Waals surface area contributed by atoms with Gasteiger partial charge in [0.2, 0.25) is 0 Å². The van der Waals surface area contributed by atoms with E-state index in [1.54, 1.807) is 14.2 Å². The van der Waals surface area contributed by atoms with Crippen molar-refractivity contribution in [3.05, 3.63) is 59.7 Å². The summed E-state index contributed by atoms with van der Waals surface area (Å²) in [5.74, 6) is 1.26. The van der Waals surface area contributed by atoms with Crippen molar-refractivity contribution in [3.63, 3.8) is 0 Å². The molecule has 1 N–H and O–H groups in total. The Bertz CT molecular complexity index is 687. The molecule has 0 aliphatic heterocycles. The number of hydrogen-bond donors (Lipinski definition) is 1. The van der Waals surface area contributed by atoms with Crippen LogP contribution >= 0.6 is 12.2 Å². The number of aliphatic hydroxyl groups excluding tert-OH is 1. The Morgan fingerprint density at radius 1 is 0.962 bits per heavy atom. The lowest BCUT2D eigenvalue weighted by atomic mass is 9.91. The summed E-state index contributed by atoms with van der Waals surface area (Å²) in [7, 11) is 3.27. The van der Waals surface area contributed by atoms with Crippen LogP contribution in [0.2, 0.25) is 0 Å². The first kappa shape index (κ1) is 20.2. The van der Waals surface area contributed by atoms with Gasteiger partial charge in [-0.25, -0.2) is 0 Å². The highest BCUT2D eigenvalue weighted by Gasteiger charge is 2.24. The first-order valence-corrected chi connectivity index (χ1v) is 8.74. The molecule has 0 aliphatic rings. The third-order valence-electron chi connectivity index (χ3n) is 3.84. The minimum Gasteiger partial charge on any atom is -0.497 e. The van der Waals surface area contributed by atoms with E-state index in [9.17, 15) is 0 Å². The number of methoxy groups -OCH3 is 2. The van der Waals surface area contributed by atoms with Crippen molar-refractivity contribution in [3.8, 4) is 11.5 Å². The third kappa shape index (κ3) is 5.42. The highest BCUT2D eigenvalue weighted by atomic mass is 32.1. The van der Waals surface area contributed by atoms with Crippen LogP contribution in [0.3, 0.4) is 0 Å². The molecule has 0 amide bonds. The van der Waals surface area contributed by atoms with Gasteiger partial charge < -0.3 is 24.1 Å². The Morgan fingerprint density at radius 3 is 2.35 bits per heavy atom. The zero-order valence-corrected chi connectivity index (χ0v) is 15.8. The molecule has 0 heterocycles. The van der Waals surface area contributed by atoms with E-state index >= 15 is 0 Å². The molecule has 2 aromatic rings. The fraction of sp³-hybridized carbons (Fsp3) is 0.350. The van der Waals surface area contributed by atoms with Gasteiger partial charge in [0.1, 0.15) is 18.1 Å². The quantitative estimate of drug-likeness (QED) is 0.508. The Morgan fingerprint density at radius 2 is 1.69 bits per heavy atom. The van der Waals surface area contributed by atoms with E-state index < -0.39 is 0 Å². The zero-order chi connectivity index (χ0) is 18.8. The number of hydrogen-bond acceptors (Lipinski definition) is 6. The molecule has 0 radical (unpaired) electrons. The molecule has 0 aromatic heterocycles. The van der Waals surface area contributed by atoms with Crippen LogP contribution in [0.15, 0.2) is 48.5 Å². The molecule has 0 saturated carbocycles. The summed E-state index contributed by atoms with van der Waals surface area (Å²) in [6.45, 7) is 0.952. The van der Waals surface area contributed by atoms with Gasteiger partial charge in [0, 0.05) is 5.56 Å². The van der Waals surface area contributed by atoms with Crippen molar-refractivity contribution in [2.45, 2.75) is 5.92 Å². The number of rotatable bonds is 10. The summed E-state index contributed by atoms with van der Waals surface area (Å²) < 4.78 is 21.7. The summed E-state index contributed by atoms with van der Waals surface area (Å²) in [5, 5.41) is 9.18. The molecular formula is C20H24O5S. The third-order valence-corrected chi connectivity index (χ3v) is 4.20. The Balaban J connectivity index is 2.24. The lowest BCUT2D eigenvalue weighted by Crippen LogP contribution is -2.19. The molecule has 5 nitrogen and oxygen atoms in total. The molecule has 140 valence electrons. The van der Waals surface area contributed by atoms with Gasteiger partial charge in [0.05, 0.1) is 40.0 Å². The van der Waals surface area contributed by atoms with E-state index in [1.807, 2.05) is 48.5 Å². The van der Waals surface area contributed by atoms with Crippen molar-refractivity contribution in [1.29, 1.82) is 0 Å². The highest BCUT2D eigenvalue weighted by Crippen LogP contribution is 2.34. The minimum atomic E-state index is -0.259. The van der Waals surface area contributed by atoms with E-state index in [1.165, 1.54) is 0 Å². The Hall–Kier alpha value is -2.15. The second kappa shape index (κ2) is 10.8. The molecule has 2 rings (SSSR count). The standard InChI is InChI=1S/C20H24O5S/c1-22-16-9-7-15(8-10-16)19(17-5-3-4-6-18(17)23-2)20(26)25-14-13-24-12-11-21/h3-10,19,21H,11-14H2,1-2H3. The zero-order valence-electron chi connectivity index (χ0n) is 15.0. The molecule has 1 atom stereocenters. The second-order valence-electron chi connectivity index (χ2n) is 5.45. The van der Waals surface area contributed by atoms with E-state index in [4.69, 9.17) is 36.3 Å². The van der Waals surface area contributed by atoms with Gasteiger partial charge in [-0.2, -0.15) is 0 Å². The number of thiocarbonyl (C=S) groups is 1. The first-order chi connectivity index (χ1) is 12.7. The average molecular weight is 376 g/mol. The molecule has 26 heavy (non-hydrogen) atoms. The smallest absolute Gasteiger partial charge is 0.171 e. The number of para-hydroxylation sites is 1. The normalized spacial score (nSPS) is 11.7. The van der Waals surface area contributed by atoms with Gasteiger partial charge in [-0.3, -0.25) is 0 Å². The maximum atomic E-state index is 8.75. The predicted octanol–water partition coefficient (Wildman–Crippen LogP) is 3.19. The van der Waals surface area contributed by atoms with Crippen LogP contribution in [0.5, 0.6) is 11.5 Å². The van der Waals surface area contributed by atoms with Crippen molar-refractivity contribution in [1.82, 2.24) is 0 Å². The van der Waals surface area contributed by atoms with Crippen molar-refractivity contribution in [2.24, 2.45) is 0 Å². The van der Waals surface area contributed by atoms with Crippen molar-refractivity contribution < 1.29 is 24.1 Å². The van der Waals surface area contributed by atoms with E-state index in [2.05, 4.69) is 0 Å². The van der Waals surface area contributed by atoms with Crippen molar-refractivity contribution >= 4 is 17.3 Å². The molecule has 0 fully saturated rings. The second-order valence-corrected chi connectivity index (χ2v) is 5.85. The van der Waals surface area contributed by atoms with Gasteiger partial charge in [0.25, 0.3) is 0 Å². The topological polar surface area (TPSA) is 57.2 Å². The summed E-state index contributed by atoms with van der Waals surface area (Å²) >= 11 is 5.57. The SMILES string of the molecule is COc1ccc(C(C(=S)OCCOCCO)c2ccccc2OC)cc1. The summed E-state index contributed by atoms with van der Waals surface area (Å²) in [4.78, 5) is 0. The van der Waals surface area contributed by atoms with E-state index in [0.717, 1.165) is 22.6 Å².